The van der Waals surface area contributed by atoms with Gasteiger partial charge in [-0.1, -0.05) is 0 Å². The molecule has 0 amide bonds. The highest BCUT2D eigenvalue weighted by atomic mass is 16.7. The average molecular weight is 188 g/mol. The fraction of sp³-hybridized carbons (Fsp3) is 0.889. The molecule has 4 nitrogen and oxygen atoms in total. The highest BCUT2D eigenvalue weighted by Crippen LogP contribution is 2.27. The van der Waals surface area contributed by atoms with Gasteiger partial charge in [0, 0.05) is 12.3 Å². The minimum atomic E-state index is -0.646. The Balaban J connectivity index is 2.55. The third-order valence-corrected chi connectivity index (χ3v) is 2.18. The van der Waals surface area contributed by atoms with Gasteiger partial charge in [0.2, 0.25) is 0 Å². The summed E-state index contributed by atoms with van der Waals surface area (Å²) in [4.78, 5) is 10.3. The highest BCUT2D eigenvalue weighted by Gasteiger charge is 2.35. The van der Waals surface area contributed by atoms with Crippen LogP contribution in [0.4, 0.5) is 0 Å². The molecule has 0 bridgehead atoms. The van der Waals surface area contributed by atoms with Crippen LogP contribution in [-0.4, -0.2) is 36.5 Å². The molecule has 1 aliphatic rings. The van der Waals surface area contributed by atoms with Crippen molar-refractivity contribution in [3.63, 3.8) is 0 Å². The Kier molecular flexibility index (Phi) is 3.41. The summed E-state index contributed by atoms with van der Waals surface area (Å²) in [6.45, 7) is 4.00. The molecule has 1 N–H and O–H groups in total. The summed E-state index contributed by atoms with van der Waals surface area (Å²) < 4.78 is 10.8. The van der Waals surface area contributed by atoms with E-state index >= 15 is 0 Å². The molecule has 1 fully saturated rings. The number of hydrogen-bond acceptors (Lipinski definition) is 4. The Morgan fingerprint density at radius 3 is 2.85 bits per heavy atom. The molecule has 0 aliphatic carbocycles. The molecule has 1 saturated heterocycles. The lowest BCUT2D eigenvalue weighted by atomic mass is 9.99. The van der Waals surface area contributed by atoms with Gasteiger partial charge >= 0.3 is 0 Å². The van der Waals surface area contributed by atoms with Crippen LogP contribution in [0.2, 0.25) is 0 Å². The molecule has 2 atom stereocenters. The van der Waals surface area contributed by atoms with Crippen LogP contribution >= 0.6 is 0 Å². The van der Waals surface area contributed by atoms with Crippen molar-refractivity contribution in [1.29, 1.82) is 0 Å². The first-order valence-corrected chi connectivity index (χ1v) is 4.45. The quantitative estimate of drug-likeness (QED) is 0.649. The summed E-state index contributed by atoms with van der Waals surface area (Å²) in [5.74, 6) is -0.664. The molecule has 13 heavy (non-hydrogen) atoms. The molecule has 1 rings (SSSR count). The van der Waals surface area contributed by atoms with Crippen LogP contribution in [0.1, 0.15) is 20.3 Å². The molecule has 1 aliphatic heterocycles. The van der Waals surface area contributed by atoms with E-state index in [4.69, 9.17) is 14.6 Å². The van der Waals surface area contributed by atoms with Crippen molar-refractivity contribution in [2.75, 3.05) is 13.2 Å². The smallest absolute Gasteiger partial charge is 0.163 e. The molecule has 4 heteroatoms. The van der Waals surface area contributed by atoms with Crippen molar-refractivity contribution in [2.24, 2.45) is 5.92 Å². The number of rotatable bonds is 3. The molecule has 76 valence electrons. The van der Waals surface area contributed by atoms with Crippen LogP contribution in [0.25, 0.3) is 0 Å². The maximum Gasteiger partial charge on any atom is 0.163 e. The zero-order chi connectivity index (χ0) is 9.90. The minimum Gasteiger partial charge on any atom is -0.394 e. The van der Waals surface area contributed by atoms with E-state index in [-0.39, 0.29) is 18.6 Å². The van der Waals surface area contributed by atoms with E-state index in [1.54, 1.807) is 13.8 Å². The minimum absolute atomic E-state index is 0.0180. The van der Waals surface area contributed by atoms with Crippen molar-refractivity contribution < 1.29 is 19.4 Å². The molecule has 0 aromatic rings. The second kappa shape index (κ2) is 4.17. The second-order valence-electron chi connectivity index (χ2n) is 3.71. The fourth-order valence-electron chi connectivity index (χ4n) is 1.44. The molecule has 0 aromatic carbocycles. The topological polar surface area (TPSA) is 55.8 Å². The van der Waals surface area contributed by atoms with E-state index in [9.17, 15) is 4.79 Å². The zero-order valence-electron chi connectivity index (χ0n) is 8.03. The Hall–Kier alpha value is -0.450. The van der Waals surface area contributed by atoms with Crippen LogP contribution in [-0.2, 0) is 14.3 Å². The van der Waals surface area contributed by atoms with E-state index in [0.29, 0.717) is 13.0 Å². The van der Waals surface area contributed by atoms with Gasteiger partial charge in [0.1, 0.15) is 6.29 Å². The van der Waals surface area contributed by atoms with E-state index in [1.165, 1.54) is 0 Å². The Bertz CT molecular complexity index is 178. The lowest BCUT2D eigenvalue weighted by molar-refractivity contribution is -0.297. The summed E-state index contributed by atoms with van der Waals surface area (Å²) in [7, 11) is 0. The molecule has 0 aromatic heterocycles. The second-order valence-corrected chi connectivity index (χ2v) is 3.71. The third-order valence-electron chi connectivity index (χ3n) is 2.18. The largest absolute Gasteiger partial charge is 0.394 e. The number of aldehydes is 1. The summed E-state index contributed by atoms with van der Waals surface area (Å²) in [6, 6.07) is 0. The van der Waals surface area contributed by atoms with Gasteiger partial charge in [-0.05, 0) is 13.8 Å². The van der Waals surface area contributed by atoms with Crippen molar-refractivity contribution >= 4 is 6.29 Å². The van der Waals surface area contributed by atoms with E-state index < -0.39 is 5.79 Å². The van der Waals surface area contributed by atoms with Gasteiger partial charge in [-0.15, -0.1) is 0 Å². The summed E-state index contributed by atoms with van der Waals surface area (Å²) in [6.07, 6.45) is 0.925. The number of carbonyl (C=O) groups is 1. The summed E-state index contributed by atoms with van der Waals surface area (Å²) in [5, 5.41) is 9.02. The van der Waals surface area contributed by atoms with Crippen LogP contribution in [0.3, 0.4) is 0 Å². The number of ether oxygens (including phenoxy) is 2. The Morgan fingerprint density at radius 2 is 2.31 bits per heavy atom. The zero-order valence-corrected chi connectivity index (χ0v) is 8.03. The van der Waals surface area contributed by atoms with Gasteiger partial charge < -0.3 is 19.4 Å². The average Bonchev–Trinajstić information content (AvgIpc) is 2.08. The Morgan fingerprint density at radius 1 is 1.62 bits per heavy atom. The highest BCUT2D eigenvalue weighted by molar-refractivity contribution is 5.49. The molecule has 1 heterocycles. The van der Waals surface area contributed by atoms with Crippen molar-refractivity contribution in [2.45, 2.75) is 32.2 Å². The molecule has 0 spiro atoms. The lowest BCUT2D eigenvalue weighted by Crippen LogP contribution is -2.47. The van der Waals surface area contributed by atoms with E-state index in [2.05, 4.69) is 0 Å². The molecular weight excluding hydrogens is 172 g/mol. The normalized spacial score (nSPS) is 32.8. The van der Waals surface area contributed by atoms with Crippen molar-refractivity contribution in [3.8, 4) is 0 Å². The monoisotopic (exact) mass is 188 g/mol. The number of aliphatic hydroxyl groups is 1. The van der Waals surface area contributed by atoms with Crippen LogP contribution in [0.15, 0.2) is 0 Å². The molecular formula is C9H16O4. The summed E-state index contributed by atoms with van der Waals surface area (Å²) >= 11 is 0. The van der Waals surface area contributed by atoms with Crippen molar-refractivity contribution in [3.05, 3.63) is 0 Å². The van der Waals surface area contributed by atoms with Crippen LogP contribution in [0, 0.1) is 5.92 Å². The van der Waals surface area contributed by atoms with Gasteiger partial charge in [-0.25, -0.2) is 0 Å². The van der Waals surface area contributed by atoms with Gasteiger partial charge in [0.25, 0.3) is 0 Å². The SMILES string of the molecule is CC1(C)OCC(CC=O)C(CO)O1. The van der Waals surface area contributed by atoms with Gasteiger partial charge in [0.05, 0.1) is 19.3 Å². The van der Waals surface area contributed by atoms with Gasteiger partial charge in [-0.2, -0.15) is 0 Å². The number of hydrogen-bond donors (Lipinski definition) is 1. The van der Waals surface area contributed by atoms with Crippen molar-refractivity contribution in [1.82, 2.24) is 0 Å². The van der Waals surface area contributed by atoms with Crippen LogP contribution < -0.4 is 0 Å². The standard InChI is InChI=1S/C9H16O4/c1-9(2)12-6-7(3-4-10)8(5-11)13-9/h4,7-8,11H,3,5-6H2,1-2H3. The first-order valence-electron chi connectivity index (χ1n) is 4.45. The third kappa shape index (κ3) is 2.76. The number of aliphatic hydroxyl groups excluding tert-OH is 1. The van der Waals surface area contributed by atoms with Gasteiger partial charge in [0.15, 0.2) is 5.79 Å². The van der Waals surface area contributed by atoms with Gasteiger partial charge in [-0.3, -0.25) is 0 Å². The first kappa shape index (κ1) is 10.6. The maximum absolute atomic E-state index is 10.3. The van der Waals surface area contributed by atoms with E-state index in [1.807, 2.05) is 0 Å². The fourth-order valence-corrected chi connectivity index (χ4v) is 1.44. The van der Waals surface area contributed by atoms with E-state index in [0.717, 1.165) is 6.29 Å². The lowest BCUT2D eigenvalue weighted by Gasteiger charge is -2.39. The van der Waals surface area contributed by atoms with Crippen LogP contribution in [0.5, 0.6) is 0 Å². The predicted octanol–water partition coefficient (Wildman–Crippen LogP) is 0.335. The maximum atomic E-state index is 10.3. The summed E-state index contributed by atoms with van der Waals surface area (Å²) in [5.41, 5.74) is 0. The first-order chi connectivity index (χ1) is 6.09. The molecule has 0 saturated carbocycles. The molecule has 0 radical (unpaired) electrons. The Labute approximate surface area is 77.8 Å². The molecule has 2 unspecified atom stereocenters. The predicted molar refractivity (Wildman–Crippen MR) is 46.2 cm³/mol. The number of carbonyl (C=O) groups excluding carboxylic acids is 1.